The lowest BCUT2D eigenvalue weighted by Crippen LogP contribution is -2.06. The van der Waals surface area contributed by atoms with Gasteiger partial charge in [0.15, 0.2) is 11.6 Å². The van der Waals surface area contributed by atoms with Crippen molar-refractivity contribution >= 4 is 0 Å². The predicted molar refractivity (Wildman–Crippen MR) is 36.7 cm³/mol. The number of aryl methyl sites for hydroxylation is 1. The van der Waals surface area contributed by atoms with Gasteiger partial charge in [-0.25, -0.2) is 0 Å². The highest BCUT2D eigenvalue weighted by Crippen LogP contribution is 2.32. The van der Waals surface area contributed by atoms with E-state index in [0.29, 0.717) is 5.56 Å². The van der Waals surface area contributed by atoms with Crippen LogP contribution in [0.15, 0.2) is 18.2 Å². The van der Waals surface area contributed by atoms with Crippen LogP contribution in [0.25, 0.3) is 0 Å². The van der Waals surface area contributed by atoms with Gasteiger partial charge in [0, 0.05) is 6.07 Å². The molecule has 1 aromatic rings. The van der Waals surface area contributed by atoms with Gasteiger partial charge in [0.25, 0.3) is 0 Å². The van der Waals surface area contributed by atoms with Crippen molar-refractivity contribution in [3.63, 3.8) is 0 Å². The molecule has 0 amide bonds. The van der Waals surface area contributed by atoms with Crippen molar-refractivity contribution in [3.8, 4) is 0 Å². The van der Waals surface area contributed by atoms with Gasteiger partial charge in [-0.05, 0) is 13.0 Å². The minimum atomic E-state index is -4.33. The minimum absolute atomic E-state index is 0.145. The van der Waals surface area contributed by atoms with Crippen molar-refractivity contribution in [2.75, 3.05) is 0 Å². The normalized spacial score (nSPS) is 11.8. The quantitative estimate of drug-likeness (QED) is 0.597. The summed E-state index contributed by atoms with van der Waals surface area (Å²) in [5, 5.41) is -0.145. The van der Waals surface area contributed by atoms with Crippen LogP contribution in [0, 0.1) is 18.5 Å². The minimum Gasteiger partial charge on any atom is -0.166 e. The molecule has 0 N–H and O–H groups in total. The summed E-state index contributed by atoms with van der Waals surface area (Å²) in [6.07, 6.45) is -4.33. The monoisotopic (exact) mass is 195 g/mol. The molecule has 0 atom stereocenters. The number of alkyl halides is 3. The zero-order valence-electron chi connectivity index (χ0n) is 6.27. The molecule has 0 radical (unpaired) electrons. The summed E-state index contributed by atoms with van der Waals surface area (Å²) < 4.78 is 36.5. The van der Waals surface area contributed by atoms with Gasteiger partial charge in [-0.3, -0.25) is 0 Å². The largest absolute Gasteiger partial charge is 0.421 e. The lowest BCUT2D eigenvalue weighted by molar-refractivity contribution is -0.296. The summed E-state index contributed by atoms with van der Waals surface area (Å²) in [4.78, 5) is 0. The van der Waals surface area contributed by atoms with Crippen LogP contribution < -0.4 is 0 Å². The number of hydrogen-bond donors (Lipinski definition) is 0. The highest BCUT2D eigenvalue weighted by molar-refractivity contribution is 5.30. The maximum absolute atomic E-state index is 12.2. The Bertz CT molecular complexity index is 291. The Balaban J connectivity index is 3.23. The van der Waals surface area contributed by atoms with Gasteiger partial charge in [-0.2, -0.15) is 13.2 Å². The zero-order valence-corrected chi connectivity index (χ0v) is 7.09. The number of rotatable bonds is 0. The van der Waals surface area contributed by atoms with Crippen LogP contribution in [-0.4, -0.2) is 0 Å². The molecule has 0 aromatic heterocycles. The molecule has 4 heteroatoms. The van der Waals surface area contributed by atoms with Crippen LogP contribution in [0.2, 0.25) is 5.02 Å². The van der Waals surface area contributed by atoms with E-state index in [1.807, 2.05) is 0 Å². The second-order valence-electron chi connectivity index (χ2n) is 2.50. The van der Waals surface area contributed by atoms with E-state index in [1.54, 1.807) is 13.0 Å². The second-order valence-corrected chi connectivity index (χ2v) is 2.94. The number of benzene rings is 1. The molecule has 0 spiro atoms. The molecule has 0 unspecified atom stereocenters. The van der Waals surface area contributed by atoms with Crippen molar-refractivity contribution in [1.29, 1.82) is 0 Å². The van der Waals surface area contributed by atoms with Crippen LogP contribution in [0.5, 0.6) is 0 Å². The topological polar surface area (TPSA) is 0 Å². The fraction of sp³-hybridized carbons (Fsp3) is 0.250. The Morgan fingerprint density at radius 3 is 2.25 bits per heavy atom. The third kappa shape index (κ3) is 1.91. The maximum Gasteiger partial charge on any atom is 0.421 e. The second kappa shape index (κ2) is 2.98. The summed E-state index contributed by atoms with van der Waals surface area (Å²) in [5.74, 6) is 0. The lowest BCUT2D eigenvalue weighted by Gasteiger charge is -2.05. The van der Waals surface area contributed by atoms with Gasteiger partial charge in [0.2, 0.25) is 5.02 Å². The third-order valence-corrected chi connectivity index (χ3v) is 1.80. The molecule has 0 nitrogen and oxygen atoms in total. The summed E-state index contributed by atoms with van der Waals surface area (Å²) >= 11 is 4.54. The van der Waals surface area contributed by atoms with E-state index < -0.39 is 11.7 Å². The molecule has 0 fully saturated rings. The fourth-order valence-corrected chi connectivity index (χ4v) is 1.11. The van der Waals surface area contributed by atoms with Crippen molar-refractivity contribution in [3.05, 3.63) is 34.3 Å². The lowest BCUT2D eigenvalue weighted by atomic mass is 10.1. The molecule has 0 aliphatic rings. The number of hydrogen-bond acceptors (Lipinski definition) is 0. The van der Waals surface area contributed by atoms with Gasteiger partial charge >= 0.3 is 6.18 Å². The van der Waals surface area contributed by atoms with Gasteiger partial charge in [0.05, 0.1) is 0 Å². The highest BCUT2D eigenvalue weighted by Gasteiger charge is 2.35. The van der Waals surface area contributed by atoms with Gasteiger partial charge in [-0.15, -0.1) is 0 Å². The molecule has 0 aliphatic carbocycles. The Hall–Kier alpha value is -0.700. The van der Waals surface area contributed by atoms with Gasteiger partial charge in [-0.1, -0.05) is 11.6 Å². The SMILES string of the molecule is Cc1ccc([ClH+])c(C(F)(F)F)c1. The van der Waals surface area contributed by atoms with Crippen molar-refractivity contribution in [2.24, 2.45) is 0 Å². The van der Waals surface area contributed by atoms with E-state index in [2.05, 4.69) is 11.6 Å². The summed E-state index contributed by atoms with van der Waals surface area (Å²) in [6.45, 7) is 1.60. The van der Waals surface area contributed by atoms with Crippen LogP contribution in [0.1, 0.15) is 11.1 Å². The van der Waals surface area contributed by atoms with Crippen molar-refractivity contribution in [1.82, 2.24) is 0 Å². The van der Waals surface area contributed by atoms with E-state index in [-0.39, 0.29) is 5.02 Å². The Morgan fingerprint density at radius 2 is 1.83 bits per heavy atom. The molecular weight excluding hydrogens is 189 g/mol. The van der Waals surface area contributed by atoms with Crippen LogP contribution in [0.3, 0.4) is 0 Å². The average Bonchev–Trinajstić information content (AvgIpc) is 1.92. The van der Waals surface area contributed by atoms with Crippen LogP contribution in [-0.2, 0) is 6.18 Å². The fourth-order valence-electron chi connectivity index (χ4n) is 0.865. The molecule has 1 rings (SSSR count). The predicted octanol–water partition coefficient (Wildman–Crippen LogP) is 2.71. The molecule has 0 aliphatic heterocycles. The molecule has 0 heterocycles. The first kappa shape index (κ1) is 9.39. The first-order valence-corrected chi connectivity index (χ1v) is 3.67. The Kier molecular flexibility index (Phi) is 2.33. The Labute approximate surface area is 73.0 Å². The van der Waals surface area contributed by atoms with E-state index in [4.69, 9.17) is 0 Å². The van der Waals surface area contributed by atoms with E-state index in [0.717, 1.165) is 6.07 Å². The Morgan fingerprint density at radius 1 is 1.25 bits per heavy atom. The molecular formula is C8H7ClF3+. The molecule has 66 valence electrons. The van der Waals surface area contributed by atoms with E-state index >= 15 is 0 Å². The zero-order chi connectivity index (χ0) is 9.35. The summed E-state index contributed by atoms with van der Waals surface area (Å²) in [5.41, 5.74) is -0.159. The van der Waals surface area contributed by atoms with E-state index in [1.165, 1.54) is 6.07 Å². The first-order valence-electron chi connectivity index (χ1n) is 3.26. The van der Waals surface area contributed by atoms with E-state index in [9.17, 15) is 13.2 Å². The third-order valence-electron chi connectivity index (χ3n) is 1.44. The molecule has 12 heavy (non-hydrogen) atoms. The smallest absolute Gasteiger partial charge is 0.166 e. The van der Waals surface area contributed by atoms with Gasteiger partial charge in [0.1, 0.15) is 5.56 Å². The maximum atomic E-state index is 12.2. The van der Waals surface area contributed by atoms with Crippen molar-refractivity contribution < 1.29 is 24.8 Å². The summed E-state index contributed by atoms with van der Waals surface area (Å²) in [6, 6.07) is 3.92. The van der Waals surface area contributed by atoms with Crippen molar-refractivity contribution in [2.45, 2.75) is 13.1 Å². The highest BCUT2D eigenvalue weighted by atomic mass is 35.5. The van der Waals surface area contributed by atoms with Gasteiger partial charge < -0.3 is 0 Å². The molecule has 0 saturated heterocycles. The average molecular weight is 196 g/mol. The first-order chi connectivity index (χ1) is 5.41. The van der Waals surface area contributed by atoms with Crippen LogP contribution in [0.4, 0.5) is 13.2 Å². The summed E-state index contributed by atoms with van der Waals surface area (Å²) in [7, 11) is 0. The molecule has 0 bridgehead atoms. The standard InChI is InChI=1S/C8H7ClF3/c1-5-2-3-7(9)6(4-5)8(10,11)12/h2-4,9H,1H3/q+1. The molecule has 1 aromatic carbocycles. The number of halogens is 4. The van der Waals surface area contributed by atoms with Crippen LogP contribution >= 0.6 is 0 Å². The molecule has 0 saturated carbocycles.